The Labute approximate surface area is 135 Å². The second-order valence-electron chi connectivity index (χ2n) is 5.61. The van der Waals surface area contributed by atoms with E-state index in [-0.39, 0.29) is 18.1 Å². The van der Waals surface area contributed by atoms with E-state index in [0.29, 0.717) is 12.2 Å². The molecule has 0 radical (unpaired) electrons. The van der Waals surface area contributed by atoms with E-state index in [0.717, 1.165) is 19.6 Å². The molecule has 0 aliphatic carbocycles. The van der Waals surface area contributed by atoms with Crippen molar-refractivity contribution in [1.29, 1.82) is 0 Å². The summed E-state index contributed by atoms with van der Waals surface area (Å²) in [4.78, 5) is 28.3. The molecule has 1 saturated heterocycles. The Morgan fingerprint density at radius 1 is 1.30 bits per heavy atom. The first-order valence-corrected chi connectivity index (χ1v) is 7.98. The van der Waals surface area contributed by atoms with Gasteiger partial charge in [-0.3, -0.25) is 19.9 Å². The number of aromatic nitrogens is 1. The van der Waals surface area contributed by atoms with Crippen molar-refractivity contribution in [3.05, 3.63) is 28.6 Å². The number of likely N-dealkylation sites (tertiary alicyclic amines) is 1. The molecule has 1 aromatic rings. The lowest BCUT2D eigenvalue weighted by Gasteiger charge is -2.19. The lowest BCUT2D eigenvalue weighted by Crippen LogP contribution is -2.37. The van der Waals surface area contributed by atoms with Crippen LogP contribution in [0.25, 0.3) is 0 Å². The molecule has 1 amide bonds. The topological polar surface area (TPSA) is 100 Å². The molecular weight excluding hydrogens is 298 g/mol. The van der Waals surface area contributed by atoms with E-state index in [1.807, 2.05) is 0 Å². The molecule has 2 N–H and O–H groups in total. The first kappa shape index (κ1) is 17.1. The van der Waals surface area contributed by atoms with Crippen molar-refractivity contribution in [3.8, 4) is 0 Å². The average molecular weight is 321 g/mol. The molecule has 8 heteroatoms. The number of rotatable bonds is 7. The highest BCUT2D eigenvalue weighted by Crippen LogP contribution is 2.21. The van der Waals surface area contributed by atoms with Crippen LogP contribution < -0.4 is 10.6 Å². The van der Waals surface area contributed by atoms with Crippen molar-refractivity contribution >= 4 is 17.3 Å². The maximum Gasteiger partial charge on any atom is 0.310 e. The molecule has 126 valence electrons. The highest BCUT2D eigenvalue weighted by atomic mass is 16.6. The van der Waals surface area contributed by atoms with Gasteiger partial charge < -0.3 is 15.5 Å². The standard InChI is InChI=1S/C15H23N5O3/c21-15(17-7-10-19-8-3-1-2-4-9-19)12-18-13-5-6-16-11-14(13)20(22)23/h5-6,11H,1-4,7-10,12H2,(H,16,18)(H,17,21). The molecule has 8 nitrogen and oxygen atoms in total. The van der Waals surface area contributed by atoms with Gasteiger partial charge in [0.05, 0.1) is 11.5 Å². The van der Waals surface area contributed by atoms with Crippen molar-refractivity contribution in [1.82, 2.24) is 15.2 Å². The molecule has 2 rings (SSSR count). The third-order valence-electron chi connectivity index (χ3n) is 3.89. The van der Waals surface area contributed by atoms with Crippen molar-refractivity contribution in [2.75, 3.05) is 38.0 Å². The van der Waals surface area contributed by atoms with Gasteiger partial charge in [-0.15, -0.1) is 0 Å². The van der Waals surface area contributed by atoms with Gasteiger partial charge in [0.15, 0.2) is 0 Å². The van der Waals surface area contributed by atoms with Crippen LogP contribution in [0.1, 0.15) is 25.7 Å². The molecule has 1 fully saturated rings. The molecule has 0 saturated carbocycles. The molecule has 23 heavy (non-hydrogen) atoms. The Balaban J connectivity index is 1.70. The highest BCUT2D eigenvalue weighted by molar-refractivity contribution is 5.81. The monoisotopic (exact) mass is 321 g/mol. The summed E-state index contributed by atoms with van der Waals surface area (Å²) in [6, 6.07) is 1.49. The van der Waals surface area contributed by atoms with E-state index in [4.69, 9.17) is 0 Å². The fourth-order valence-corrected chi connectivity index (χ4v) is 2.63. The zero-order chi connectivity index (χ0) is 16.5. The smallest absolute Gasteiger partial charge is 0.310 e. The number of carbonyl (C=O) groups excluding carboxylic acids is 1. The van der Waals surface area contributed by atoms with Crippen LogP contribution in [0.5, 0.6) is 0 Å². The molecular formula is C15H23N5O3. The van der Waals surface area contributed by atoms with E-state index in [1.54, 1.807) is 0 Å². The van der Waals surface area contributed by atoms with Gasteiger partial charge in [0, 0.05) is 19.3 Å². The van der Waals surface area contributed by atoms with Gasteiger partial charge in [0.1, 0.15) is 11.9 Å². The molecule has 2 heterocycles. The van der Waals surface area contributed by atoms with E-state index >= 15 is 0 Å². The van der Waals surface area contributed by atoms with Crippen LogP contribution in [0.15, 0.2) is 18.5 Å². The third-order valence-corrected chi connectivity index (χ3v) is 3.89. The van der Waals surface area contributed by atoms with Crippen LogP contribution in [0, 0.1) is 10.1 Å². The zero-order valence-corrected chi connectivity index (χ0v) is 13.2. The minimum atomic E-state index is -0.521. The summed E-state index contributed by atoms with van der Waals surface area (Å²) in [6.45, 7) is 3.64. The minimum Gasteiger partial charge on any atom is -0.370 e. The molecule has 0 spiro atoms. The van der Waals surface area contributed by atoms with Crippen molar-refractivity contribution < 1.29 is 9.72 Å². The fourth-order valence-electron chi connectivity index (χ4n) is 2.63. The van der Waals surface area contributed by atoms with Crippen LogP contribution >= 0.6 is 0 Å². The van der Waals surface area contributed by atoms with E-state index < -0.39 is 4.92 Å². The first-order chi connectivity index (χ1) is 11.2. The zero-order valence-electron chi connectivity index (χ0n) is 13.2. The Bertz CT molecular complexity index is 530. The summed E-state index contributed by atoms with van der Waals surface area (Å²) in [5.74, 6) is -0.175. The summed E-state index contributed by atoms with van der Waals surface area (Å²) in [7, 11) is 0. The minimum absolute atomic E-state index is 0.00481. The summed E-state index contributed by atoms with van der Waals surface area (Å²) in [5, 5.41) is 16.5. The van der Waals surface area contributed by atoms with Gasteiger partial charge in [-0.1, -0.05) is 12.8 Å². The van der Waals surface area contributed by atoms with E-state index in [2.05, 4.69) is 20.5 Å². The van der Waals surface area contributed by atoms with Crippen LogP contribution in [0.2, 0.25) is 0 Å². The number of anilines is 1. The fraction of sp³-hybridized carbons (Fsp3) is 0.600. The Morgan fingerprint density at radius 2 is 2.04 bits per heavy atom. The van der Waals surface area contributed by atoms with Crippen molar-refractivity contribution in [2.24, 2.45) is 0 Å². The number of carbonyl (C=O) groups is 1. The molecule has 0 bridgehead atoms. The predicted octanol–water partition coefficient (Wildman–Crippen LogP) is 1.39. The molecule has 1 aromatic heterocycles. The average Bonchev–Trinajstić information content (AvgIpc) is 2.82. The molecule has 1 aliphatic heterocycles. The Hall–Kier alpha value is -2.22. The second kappa shape index (κ2) is 9.04. The van der Waals surface area contributed by atoms with Crippen LogP contribution in [0.3, 0.4) is 0 Å². The number of pyridine rings is 1. The van der Waals surface area contributed by atoms with Gasteiger partial charge >= 0.3 is 5.69 Å². The van der Waals surface area contributed by atoms with E-state index in [1.165, 1.54) is 44.1 Å². The lowest BCUT2D eigenvalue weighted by atomic mass is 10.2. The van der Waals surface area contributed by atoms with Crippen LogP contribution in [-0.4, -0.2) is 53.4 Å². The molecule has 1 aliphatic rings. The van der Waals surface area contributed by atoms with Gasteiger partial charge in [-0.05, 0) is 32.0 Å². The summed E-state index contributed by atoms with van der Waals surface area (Å²) in [5.41, 5.74) is 0.164. The Kier molecular flexibility index (Phi) is 6.74. The number of nitrogens with zero attached hydrogens (tertiary/aromatic N) is 3. The quantitative estimate of drug-likeness (QED) is 0.581. The summed E-state index contributed by atoms with van der Waals surface area (Å²) < 4.78 is 0. The van der Waals surface area contributed by atoms with Crippen LogP contribution in [0.4, 0.5) is 11.4 Å². The number of hydrogen-bond acceptors (Lipinski definition) is 6. The number of nitro groups is 1. The van der Waals surface area contributed by atoms with E-state index in [9.17, 15) is 14.9 Å². The molecule has 0 aromatic carbocycles. The predicted molar refractivity (Wildman–Crippen MR) is 87.3 cm³/mol. The largest absolute Gasteiger partial charge is 0.370 e. The maximum absolute atomic E-state index is 11.8. The SMILES string of the molecule is O=C(CNc1ccncc1[N+](=O)[O-])NCCN1CCCCCC1. The van der Waals surface area contributed by atoms with Gasteiger partial charge in [0.25, 0.3) is 0 Å². The third kappa shape index (κ3) is 5.82. The van der Waals surface area contributed by atoms with Crippen molar-refractivity contribution in [3.63, 3.8) is 0 Å². The Morgan fingerprint density at radius 3 is 2.74 bits per heavy atom. The van der Waals surface area contributed by atoms with Crippen LogP contribution in [-0.2, 0) is 4.79 Å². The van der Waals surface area contributed by atoms with Gasteiger partial charge in [-0.25, -0.2) is 0 Å². The number of nitrogens with one attached hydrogen (secondary N) is 2. The van der Waals surface area contributed by atoms with Gasteiger partial charge in [0.2, 0.25) is 5.91 Å². The lowest BCUT2D eigenvalue weighted by molar-refractivity contribution is -0.384. The second-order valence-corrected chi connectivity index (χ2v) is 5.61. The molecule has 0 unspecified atom stereocenters. The summed E-state index contributed by atoms with van der Waals surface area (Å²) >= 11 is 0. The number of amides is 1. The van der Waals surface area contributed by atoms with Gasteiger partial charge in [-0.2, -0.15) is 0 Å². The molecule has 0 atom stereocenters. The van der Waals surface area contributed by atoms with Crippen molar-refractivity contribution in [2.45, 2.75) is 25.7 Å². The normalized spacial score (nSPS) is 15.7. The number of hydrogen-bond donors (Lipinski definition) is 2. The summed E-state index contributed by atoms with van der Waals surface area (Å²) in [6.07, 6.45) is 7.64. The maximum atomic E-state index is 11.8. The first-order valence-electron chi connectivity index (χ1n) is 7.98. The highest BCUT2D eigenvalue weighted by Gasteiger charge is 2.14.